The minimum Gasteiger partial charge on any atom is -0.288 e. The standard InChI is InChI=1S/C12H7BrN2O3/c13-12-9(5-3-7-14-12)11(16)8-4-1-2-6-10(8)15(17)18/h1-7H. The highest BCUT2D eigenvalue weighted by Gasteiger charge is 2.22. The van der Waals surface area contributed by atoms with Gasteiger partial charge in [0.15, 0.2) is 0 Å². The second-order valence-electron chi connectivity index (χ2n) is 3.45. The zero-order valence-electron chi connectivity index (χ0n) is 9.04. The predicted molar refractivity (Wildman–Crippen MR) is 68.5 cm³/mol. The van der Waals surface area contributed by atoms with Gasteiger partial charge >= 0.3 is 0 Å². The average molecular weight is 307 g/mol. The van der Waals surface area contributed by atoms with Crippen LogP contribution in [0.25, 0.3) is 0 Å². The van der Waals surface area contributed by atoms with Crippen LogP contribution in [0.15, 0.2) is 47.2 Å². The van der Waals surface area contributed by atoms with Crippen LogP contribution in [0, 0.1) is 10.1 Å². The Morgan fingerprint density at radius 1 is 1.17 bits per heavy atom. The van der Waals surface area contributed by atoms with Crippen LogP contribution in [0.4, 0.5) is 5.69 Å². The Labute approximate surface area is 111 Å². The van der Waals surface area contributed by atoms with E-state index in [1.165, 1.54) is 24.4 Å². The summed E-state index contributed by atoms with van der Waals surface area (Å²) in [7, 11) is 0. The van der Waals surface area contributed by atoms with Crippen LogP contribution in [0.5, 0.6) is 0 Å². The summed E-state index contributed by atoms with van der Waals surface area (Å²) in [4.78, 5) is 26.4. The number of rotatable bonds is 3. The van der Waals surface area contributed by atoms with E-state index < -0.39 is 10.7 Å². The zero-order valence-corrected chi connectivity index (χ0v) is 10.6. The Morgan fingerprint density at radius 2 is 1.83 bits per heavy atom. The minimum absolute atomic E-state index is 0.0520. The largest absolute Gasteiger partial charge is 0.288 e. The molecule has 1 aromatic carbocycles. The molecule has 0 saturated heterocycles. The van der Waals surface area contributed by atoms with Gasteiger partial charge in [-0.2, -0.15) is 0 Å². The van der Waals surface area contributed by atoms with Crippen molar-refractivity contribution in [3.05, 3.63) is 68.4 Å². The number of halogens is 1. The summed E-state index contributed by atoms with van der Waals surface area (Å²) in [6.07, 6.45) is 1.53. The lowest BCUT2D eigenvalue weighted by Gasteiger charge is -2.03. The SMILES string of the molecule is O=C(c1ccccc1[N+](=O)[O-])c1cccnc1Br. The Balaban J connectivity index is 2.54. The van der Waals surface area contributed by atoms with Crippen molar-refractivity contribution in [2.24, 2.45) is 0 Å². The fraction of sp³-hybridized carbons (Fsp3) is 0. The molecular weight excluding hydrogens is 300 g/mol. The molecule has 2 rings (SSSR count). The number of nitro benzene ring substituents is 1. The lowest BCUT2D eigenvalue weighted by atomic mass is 10.0. The van der Waals surface area contributed by atoms with Gasteiger partial charge in [-0.05, 0) is 34.1 Å². The Bertz CT molecular complexity index is 628. The van der Waals surface area contributed by atoms with Crippen molar-refractivity contribution < 1.29 is 9.72 Å². The normalized spacial score (nSPS) is 10.1. The highest BCUT2D eigenvalue weighted by molar-refractivity contribution is 9.10. The molecule has 0 atom stereocenters. The molecule has 0 radical (unpaired) electrons. The number of hydrogen-bond acceptors (Lipinski definition) is 4. The highest BCUT2D eigenvalue weighted by Crippen LogP contribution is 2.23. The first-order valence-electron chi connectivity index (χ1n) is 5.00. The first-order valence-corrected chi connectivity index (χ1v) is 5.79. The van der Waals surface area contributed by atoms with Gasteiger partial charge in [-0.3, -0.25) is 14.9 Å². The topological polar surface area (TPSA) is 73.1 Å². The number of pyridine rings is 1. The molecule has 0 fully saturated rings. The summed E-state index contributed by atoms with van der Waals surface area (Å²) in [6.45, 7) is 0. The van der Waals surface area contributed by atoms with E-state index in [0.717, 1.165) is 0 Å². The average Bonchev–Trinajstić information content (AvgIpc) is 2.38. The van der Waals surface area contributed by atoms with Gasteiger partial charge in [0.25, 0.3) is 5.69 Å². The fourth-order valence-corrected chi connectivity index (χ4v) is 1.96. The van der Waals surface area contributed by atoms with E-state index in [0.29, 0.717) is 10.2 Å². The Kier molecular flexibility index (Phi) is 3.47. The molecule has 18 heavy (non-hydrogen) atoms. The number of ketones is 1. The molecule has 0 saturated carbocycles. The molecule has 1 heterocycles. The second kappa shape index (κ2) is 5.05. The number of benzene rings is 1. The lowest BCUT2D eigenvalue weighted by molar-refractivity contribution is -0.385. The molecule has 5 nitrogen and oxygen atoms in total. The van der Waals surface area contributed by atoms with Gasteiger partial charge in [0.2, 0.25) is 5.78 Å². The van der Waals surface area contributed by atoms with Gasteiger partial charge in [-0.1, -0.05) is 12.1 Å². The molecule has 6 heteroatoms. The maximum Gasteiger partial charge on any atom is 0.280 e. The van der Waals surface area contributed by atoms with Crippen LogP contribution in [0.2, 0.25) is 0 Å². The number of nitrogens with zero attached hydrogens (tertiary/aromatic N) is 2. The third kappa shape index (κ3) is 2.28. The van der Waals surface area contributed by atoms with Crippen molar-refractivity contribution in [3.63, 3.8) is 0 Å². The molecule has 0 amide bonds. The molecule has 0 N–H and O–H groups in total. The molecular formula is C12H7BrN2O3. The van der Waals surface area contributed by atoms with Crippen LogP contribution in [-0.4, -0.2) is 15.7 Å². The van der Waals surface area contributed by atoms with Gasteiger partial charge < -0.3 is 0 Å². The van der Waals surface area contributed by atoms with Crippen molar-refractivity contribution in [1.82, 2.24) is 4.98 Å². The number of nitro groups is 1. The van der Waals surface area contributed by atoms with Crippen molar-refractivity contribution >= 4 is 27.4 Å². The first kappa shape index (κ1) is 12.4. The highest BCUT2D eigenvalue weighted by atomic mass is 79.9. The van der Waals surface area contributed by atoms with Crippen molar-refractivity contribution in [2.45, 2.75) is 0 Å². The van der Waals surface area contributed by atoms with Crippen molar-refractivity contribution in [3.8, 4) is 0 Å². The van der Waals surface area contributed by atoms with Crippen molar-refractivity contribution in [1.29, 1.82) is 0 Å². The van der Waals surface area contributed by atoms with E-state index in [1.54, 1.807) is 18.2 Å². The molecule has 2 aromatic rings. The maximum absolute atomic E-state index is 12.2. The number of aromatic nitrogens is 1. The summed E-state index contributed by atoms with van der Waals surface area (Å²) in [5.41, 5.74) is 0.140. The summed E-state index contributed by atoms with van der Waals surface area (Å²) in [5.74, 6) is -0.428. The van der Waals surface area contributed by atoms with Gasteiger partial charge in [0.05, 0.1) is 10.5 Å². The van der Waals surface area contributed by atoms with Gasteiger partial charge in [0.1, 0.15) is 10.2 Å². The molecule has 0 spiro atoms. The maximum atomic E-state index is 12.2. The molecule has 0 bridgehead atoms. The van der Waals surface area contributed by atoms with E-state index in [2.05, 4.69) is 20.9 Å². The summed E-state index contributed by atoms with van der Waals surface area (Å²) in [6, 6.07) is 9.01. The van der Waals surface area contributed by atoms with E-state index in [1.807, 2.05) is 0 Å². The smallest absolute Gasteiger partial charge is 0.280 e. The minimum atomic E-state index is -0.572. The second-order valence-corrected chi connectivity index (χ2v) is 4.20. The van der Waals surface area contributed by atoms with Crippen LogP contribution >= 0.6 is 15.9 Å². The fourth-order valence-electron chi connectivity index (χ4n) is 1.53. The van der Waals surface area contributed by atoms with Crippen LogP contribution in [0.1, 0.15) is 15.9 Å². The van der Waals surface area contributed by atoms with Gasteiger partial charge in [-0.15, -0.1) is 0 Å². The van der Waals surface area contributed by atoms with E-state index in [9.17, 15) is 14.9 Å². The van der Waals surface area contributed by atoms with Crippen LogP contribution in [0.3, 0.4) is 0 Å². The lowest BCUT2D eigenvalue weighted by Crippen LogP contribution is -2.06. The summed E-state index contributed by atoms with van der Waals surface area (Å²) >= 11 is 3.15. The third-order valence-electron chi connectivity index (χ3n) is 2.35. The Morgan fingerprint density at radius 3 is 2.50 bits per heavy atom. The molecule has 0 aliphatic heterocycles. The Hall–Kier alpha value is -2.08. The number of hydrogen-bond donors (Lipinski definition) is 0. The number of para-hydroxylation sites is 1. The van der Waals surface area contributed by atoms with Gasteiger partial charge in [0, 0.05) is 12.3 Å². The molecule has 1 aromatic heterocycles. The van der Waals surface area contributed by atoms with Crippen LogP contribution in [-0.2, 0) is 0 Å². The van der Waals surface area contributed by atoms with Crippen molar-refractivity contribution in [2.75, 3.05) is 0 Å². The van der Waals surface area contributed by atoms with Gasteiger partial charge in [-0.25, -0.2) is 4.98 Å². The van der Waals surface area contributed by atoms with Crippen LogP contribution < -0.4 is 0 Å². The third-order valence-corrected chi connectivity index (χ3v) is 2.98. The molecule has 0 unspecified atom stereocenters. The van der Waals surface area contributed by atoms with E-state index in [4.69, 9.17) is 0 Å². The summed E-state index contributed by atoms with van der Waals surface area (Å²) in [5, 5.41) is 10.9. The summed E-state index contributed by atoms with van der Waals surface area (Å²) < 4.78 is 0.369. The van der Waals surface area contributed by atoms with E-state index in [-0.39, 0.29) is 11.3 Å². The molecule has 0 aliphatic rings. The monoisotopic (exact) mass is 306 g/mol. The number of carbonyl (C=O) groups is 1. The number of carbonyl (C=O) groups excluding carboxylic acids is 1. The quantitative estimate of drug-likeness (QED) is 0.378. The zero-order chi connectivity index (χ0) is 13.1. The molecule has 0 aliphatic carbocycles. The predicted octanol–water partition coefficient (Wildman–Crippen LogP) is 2.98. The molecule has 90 valence electrons. The first-order chi connectivity index (χ1) is 8.61. The van der Waals surface area contributed by atoms with E-state index >= 15 is 0 Å².